The van der Waals surface area contributed by atoms with Crippen LogP contribution < -0.4 is 5.32 Å². The number of hydrogen-bond donors (Lipinski definition) is 1. The van der Waals surface area contributed by atoms with Gasteiger partial charge in [0.15, 0.2) is 0 Å². The Morgan fingerprint density at radius 1 is 1.39 bits per heavy atom. The molecule has 5 heteroatoms. The van der Waals surface area contributed by atoms with Crippen LogP contribution in [0, 0.1) is 17.2 Å². The van der Waals surface area contributed by atoms with Crippen LogP contribution in [0.2, 0.25) is 0 Å². The van der Waals surface area contributed by atoms with E-state index in [1.54, 1.807) is 19.2 Å². The monoisotopic (exact) mass is 318 g/mol. The number of rotatable bonds is 3. The molecule has 1 N–H and O–H groups in total. The molecule has 0 aromatic heterocycles. The molecule has 3 rings (SSSR count). The van der Waals surface area contributed by atoms with E-state index in [0.29, 0.717) is 18.7 Å². The van der Waals surface area contributed by atoms with Crippen molar-refractivity contribution in [2.24, 2.45) is 11.3 Å². The summed E-state index contributed by atoms with van der Waals surface area (Å²) in [5.74, 6) is -0.180. The molecule has 4 nitrogen and oxygen atoms in total. The summed E-state index contributed by atoms with van der Waals surface area (Å²) in [5.41, 5.74) is 0.641. The van der Waals surface area contributed by atoms with Crippen LogP contribution in [0.1, 0.15) is 31.2 Å². The fourth-order valence-corrected chi connectivity index (χ4v) is 4.25. The molecular weight excluding hydrogens is 295 g/mol. The molecule has 1 saturated heterocycles. The maximum Gasteiger partial charge on any atom is 0.227 e. The first-order chi connectivity index (χ1) is 11.0. The fourth-order valence-electron chi connectivity index (χ4n) is 4.25. The Kier molecular flexibility index (Phi) is 4.37. The number of halogens is 1. The molecule has 1 spiro atoms. The molecular formula is C18H23FN2O2. The third-order valence-electron chi connectivity index (χ3n) is 5.45. The average molecular weight is 318 g/mol. The summed E-state index contributed by atoms with van der Waals surface area (Å²) in [6.07, 6.45) is 4.07. The van der Waals surface area contributed by atoms with Gasteiger partial charge in [-0.15, -0.1) is 0 Å². The van der Waals surface area contributed by atoms with Gasteiger partial charge in [-0.25, -0.2) is 4.39 Å². The lowest BCUT2D eigenvalue weighted by molar-refractivity contribution is -0.132. The highest BCUT2D eigenvalue weighted by atomic mass is 19.1. The summed E-state index contributed by atoms with van der Waals surface area (Å²) in [7, 11) is 1.68. The standard InChI is InChI=1S/C18H23FN2O2/c1-20-17(23)15-6-3-7-18(15)8-9-21(12-18)16(22)11-13-4-2-5-14(19)10-13/h2,4-5,10,15H,3,6-9,11-12H2,1H3,(H,20,23). The average Bonchev–Trinajstić information content (AvgIpc) is 3.14. The van der Waals surface area contributed by atoms with E-state index in [4.69, 9.17) is 0 Å². The van der Waals surface area contributed by atoms with E-state index in [9.17, 15) is 14.0 Å². The molecule has 2 atom stereocenters. The molecule has 1 heterocycles. The van der Waals surface area contributed by atoms with Crippen LogP contribution in [-0.4, -0.2) is 36.9 Å². The maximum atomic E-state index is 13.2. The molecule has 2 unspecified atom stereocenters. The lowest BCUT2D eigenvalue weighted by Gasteiger charge is -2.30. The van der Waals surface area contributed by atoms with Gasteiger partial charge >= 0.3 is 0 Å². The van der Waals surface area contributed by atoms with E-state index in [1.165, 1.54) is 12.1 Å². The molecule has 1 aromatic carbocycles. The van der Waals surface area contributed by atoms with Crippen LogP contribution in [0.3, 0.4) is 0 Å². The molecule has 2 amide bonds. The number of nitrogens with zero attached hydrogens (tertiary/aromatic N) is 1. The number of likely N-dealkylation sites (tertiary alicyclic amines) is 1. The normalized spacial score (nSPS) is 26.7. The van der Waals surface area contributed by atoms with Gasteiger partial charge in [0.2, 0.25) is 11.8 Å². The molecule has 23 heavy (non-hydrogen) atoms. The summed E-state index contributed by atoms with van der Waals surface area (Å²) < 4.78 is 13.2. The summed E-state index contributed by atoms with van der Waals surface area (Å²) in [6.45, 7) is 1.35. The van der Waals surface area contributed by atoms with Crippen LogP contribution >= 0.6 is 0 Å². The highest BCUT2D eigenvalue weighted by Gasteiger charge is 2.50. The molecule has 1 saturated carbocycles. The van der Waals surface area contributed by atoms with Crippen LogP contribution in [0.5, 0.6) is 0 Å². The first-order valence-electron chi connectivity index (χ1n) is 8.28. The van der Waals surface area contributed by atoms with E-state index >= 15 is 0 Å². The molecule has 1 aromatic rings. The van der Waals surface area contributed by atoms with Crippen molar-refractivity contribution in [2.75, 3.05) is 20.1 Å². The molecule has 0 bridgehead atoms. The predicted molar refractivity (Wildman–Crippen MR) is 85.1 cm³/mol. The van der Waals surface area contributed by atoms with Crippen molar-refractivity contribution in [3.63, 3.8) is 0 Å². The third kappa shape index (κ3) is 3.09. The lowest BCUT2D eigenvalue weighted by Crippen LogP contribution is -2.40. The van der Waals surface area contributed by atoms with Crippen LogP contribution in [0.15, 0.2) is 24.3 Å². The summed E-state index contributed by atoms with van der Waals surface area (Å²) in [5, 5.41) is 2.76. The molecule has 1 aliphatic carbocycles. The summed E-state index contributed by atoms with van der Waals surface area (Å²) >= 11 is 0. The maximum absolute atomic E-state index is 13.2. The second-order valence-corrected chi connectivity index (χ2v) is 6.79. The molecule has 0 radical (unpaired) electrons. The minimum absolute atomic E-state index is 0.0134. The second-order valence-electron chi connectivity index (χ2n) is 6.79. The Bertz CT molecular complexity index is 619. The SMILES string of the molecule is CNC(=O)C1CCCC12CCN(C(=O)Cc1cccc(F)c1)C2. The van der Waals surface area contributed by atoms with Crippen molar-refractivity contribution >= 4 is 11.8 Å². The van der Waals surface area contributed by atoms with Crippen LogP contribution in [0.4, 0.5) is 4.39 Å². The van der Waals surface area contributed by atoms with Crippen LogP contribution in [0.25, 0.3) is 0 Å². The van der Waals surface area contributed by atoms with Gasteiger partial charge in [0.25, 0.3) is 0 Å². The minimum atomic E-state index is -0.316. The largest absolute Gasteiger partial charge is 0.359 e. The Morgan fingerprint density at radius 3 is 2.96 bits per heavy atom. The first-order valence-corrected chi connectivity index (χ1v) is 8.28. The zero-order chi connectivity index (χ0) is 16.4. The van der Waals surface area contributed by atoms with Crippen molar-refractivity contribution in [2.45, 2.75) is 32.1 Å². The van der Waals surface area contributed by atoms with Crippen LogP contribution in [-0.2, 0) is 16.0 Å². The molecule has 2 fully saturated rings. The number of benzene rings is 1. The smallest absolute Gasteiger partial charge is 0.227 e. The second kappa shape index (κ2) is 6.30. The van der Waals surface area contributed by atoms with Gasteiger partial charge in [-0.1, -0.05) is 18.6 Å². The number of hydrogen-bond acceptors (Lipinski definition) is 2. The first kappa shape index (κ1) is 16.0. The third-order valence-corrected chi connectivity index (χ3v) is 5.45. The molecule has 1 aliphatic heterocycles. The molecule has 2 aliphatic rings. The Labute approximate surface area is 136 Å². The predicted octanol–water partition coefficient (Wildman–Crippen LogP) is 2.13. The zero-order valence-electron chi connectivity index (χ0n) is 13.5. The highest BCUT2D eigenvalue weighted by molar-refractivity contribution is 5.81. The summed E-state index contributed by atoms with van der Waals surface area (Å²) in [4.78, 5) is 26.5. The highest BCUT2D eigenvalue weighted by Crippen LogP contribution is 2.49. The number of carbonyl (C=O) groups excluding carboxylic acids is 2. The molecule has 124 valence electrons. The van der Waals surface area contributed by atoms with Gasteiger partial charge < -0.3 is 10.2 Å². The summed E-state index contributed by atoms with van der Waals surface area (Å²) in [6, 6.07) is 6.19. The quantitative estimate of drug-likeness (QED) is 0.928. The number of nitrogens with one attached hydrogen (secondary N) is 1. The Morgan fingerprint density at radius 2 is 2.22 bits per heavy atom. The minimum Gasteiger partial charge on any atom is -0.359 e. The van der Waals surface area contributed by atoms with Gasteiger partial charge in [-0.2, -0.15) is 0 Å². The number of amides is 2. The van der Waals surface area contributed by atoms with Crippen molar-refractivity contribution in [1.82, 2.24) is 10.2 Å². The Balaban J connectivity index is 1.67. The van der Waals surface area contributed by atoms with E-state index in [0.717, 1.165) is 25.7 Å². The zero-order valence-corrected chi connectivity index (χ0v) is 13.5. The van der Waals surface area contributed by atoms with Gasteiger partial charge in [0.1, 0.15) is 5.82 Å². The van der Waals surface area contributed by atoms with Gasteiger partial charge in [0, 0.05) is 31.5 Å². The van der Waals surface area contributed by atoms with E-state index in [2.05, 4.69) is 5.32 Å². The van der Waals surface area contributed by atoms with Crippen molar-refractivity contribution in [1.29, 1.82) is 0 Å². The van der Waals surface area contributed by atoms with Crippen molar-refractivity contribution < 1.29 is 14.0 Å². The van der Waals surface area contributed by atoms with Gasteiger partial charge in [-0.05, 0) is 37.0 Å². The van der Waals surface area contributed by atoms with Crippen molar-refractivity contribution in [3.05, 3.63) is 35.6 Å². The van der Waals surface area contributed by atoms with E-state index in [1.807, 2.05) is 4.90 Å². The topological polar surface area (TPSA) is 49.4 Å². The Hall–Kier alpha value is -1.91. The van der Waals surface area contributed by atoms with Gasteiger partial charge in [-0.3, -0.25) is 9.59 Å². The lowest BCUT2D eigenvalue weighted by atomic mass is 9.76. The fraction of sp³-hybridized carbons (Fsp3) is 0.556. The van der Waals surface area contributed by atoms with Crippen molar-refractivity contribution in [3.8, 4) is 0 Å². The van der Waals surface area contributed by atoms with E-state index < -0.39 is 0 Å². The van der Waals surface area contributed by atoms with Gasteiger partial charge in [0.05, 0.1) is 6.42 Å². The number of carbonyl (C=O) groups is 2. The van der Waals surface area contributed by atoms with E-state index in [-0.39, 0.29) is 35.4 Å².